The summed E-state index contributed by atoms with van der Waals surface area (Å²) < 4.78 is 5.53. The van der Waals surface area contributed by atoms with Gasteiger partial charge in [0.25, 0.3) is 0 Å². The monoisotopic (exact) mass is 276 g/mol. The van der Waals surface area contributed by atoms with Crippen LogP contribution < -0.4 is 10.5 Å². The van der Waals surface area contributed by atoms with Crippen LogP contribution in [0.3, 0.4) is 0 Å². The SMILES string of the molecule is CCC1CCN(C(c2ccccc2OC)C(C)N)CC1. The molecule has 1 aromatic carbocycles. The Morgan fingerprint density at radius 2 is 1.95 bits per heavy atom. The lowest BCUT2D eigenvalue weighted by Gasteiger charge is -2.39. The maximum atomic E-state index is 6.29. The first-order valence-corrected chi connectivity index (χ1v) is 7.79. The smallest absolute Gasteiger partial charge is 0.123 e. The molecule has 0 saturated carbocycles. The van der Waals surface area contributed by atoms with Crippen molar-refractivity contribution in [3.8, 4) is 5.75 Å². The fourth-order valence-electron chi connectivity index (χ4n) is 3.36. The fourth-order valence-corrected chi connectivity index (χ4v) is 3.36. The van der Waals surface area contributed by atoms with E-state index < -0.39 is 0 Å². The summed E-state index contributed by atoms with van der Waals surface area (Å²) in [6.07, 6.45) is 3.87. The van der Waals surface area contributed by atoms with Gasteiger partial charge in [0, 0.05) is 11.6 Å². The molecule has 0 radical (unpaired) electrons. The Kier molecular flexibility index (Phi) is 5.44. The van der Waals surface area contributed by atoms with Crippen LogP contribution in [-0.4, -0.2) is 31.1 Å². The minimum atomic E-state index is 0.101. The van der Waals surface area contributed by atoms with E-state index in [2.05, 4.69) is 30.9 Å². The Morgan fingerprint density at radius 3 is 2.50 bits per heavy atom. The van der Waals surface area contributed by atoms with Crippen LogP contribution in [0.1, 0.15) is 44.7 Å². The molecular formula is C17H28N2O. The van der Waals surface area contributed by atoms with E-state index in [0.29, 0.717) is 0 Å². The molecule has 2 atom stereocenters. The zero-order valence-corrected chi connectivity index (χ0v) is 13.0. The number of rotatable bonds is 5. The van der Waals surface area contributed by atoms with E-state index in [4.69, 9.17) is 10.5 Å². The Hall–Kier alpha value is -1.06. The standard InChI is InChI=1S/C17H28N2O/c1-4-14-9-11-19(12-10-14)17(13(2)18)15-7-5-6-8-16(15)20-3/h5-8,13-14,17H,4,9-12,18H2,1-3H3. The average Bonchev–Trinajstić information content (AvgIpc) is 2.48. The zero-order chi connectivity index (χ0) is 14.5. The molecule has 1 aromatic rings. The van der Waals surface area contributed by atoms with Crippen LogP contribution in [0.4, 0.5) is 0 Å². The highest BCUT2D eigenvalue weighted by molar-refractivity contribution is 5.36. The summed E-state index contributed by atoms with van der Waals surface area (Å²) in [6, 6.07) is 8.63. The van der Waals surface area contributed by atoms with E-state index in [0.717, 1.165) is 24.8 Å². The second-order valence-electron chi connectivity index (χ2n) is 5.93. The van der Waals surface area contributed by atoms with E-state index in [1.54, 1.807) is 7.11 Å². The molecule has 2 N–H and O–H groups in total. The van der Waals surface area contributed by atoms with Gasteiger partial charge in [0.05, 0.1) is 13.2 Å². The first kappa shape index (κ1) is 15.3. The number of piperidine rings is 1. The minimum absolute atomic E-state index is 0.101. The molecule has 2 unspecified atom stereocenters. The van der Waals surface area contributed by atoms with E-state index in [1.165, 1.54) is 24.8 Å². The van der Waals surface area contributed by atoms with Crippen molar-refractivity contribution in [1.29, 1.82) is 0 Å². The van der Waals surface area contributed by atoms with Gasteiger partial charge in [0.1, 0.15) is 5.75 Å². The molecule has 1 fully saturated rings. The molecular weight excluding hydrogens is 248 g/mol. The topological polar surface area (TPSA) is 38.5 Å². The van der Waals surface area contributed by atoms with Crippen molar-refractivity contribution in [2.24, 2.45) is 11.7 Å². The number of likely N-dealkylation sites (tertiary alicyclic amines) is 1. The molecule has 3 heteroatoms. The second kappa shape index (κ2) is 7.09. The van der Waals surface area contributed by atoms with Crippen molar-refractivity contribution in [1.82, 2.24) is 4.90 Å². The lowest BCUT2D eigenvalue weighted by molar-refractivity contribution is 0.115. The van der Waals surface area contributed by atoms with Crippen molar-refractivity contribution in [3.63, 3.8) is 0 Å². The van der Waals surface area contributed by atoms with Gasteiger partial charge in [0.15, 0.2) is 0 Å². The molecule has 20 heavy (non-hydrogen) atoms. The predicted molar refractivity (Wildman–Crippen MR) is 84.0 cm³/mol. The minimum Gasteiger partial charge on any atom is -0.496 e. The van der Waals surface area contributed by atoms with Gasteiger partial charge >= 0.3 is 0 Å². The Bertz CT molecular complexity index is 411. The number of ether oxygens (including phenoxy) is 1. The molecule has 0 aliphatic carbocycles. The molecule has 1 saturated heterocycles. The Labute approximate surface area is 123 Å². The Morgan fingerprint density at radius 1 is 1.30 bits per heavy atom. The first-order valence-electron chi connectivity index (χ1n) is 7.79. The summed E-state index contributed by atoms with van der Waals surface area (Å²) in [4.78, 5) is 2.54. The normalized spacial score (nSPS) is 20.6. The van der Waals surface area contributed by atoms with Crippen molar-refractivity contribution < 1.29 is 4.74 Å². The van der Waals surface area contributed by atoms with Crippen LogP contribution >= 0.6 is 0 Å². The highest BCUT2D eigenvalue weighted by atomic mass is 16.5. The molecule has 3 nitrogen and oxygen atoms in total. The van der Waals surface area contributed by atoms with Gasteiger partial charge in [0.2, 0.25) is 0 Å². The van der Waals surface area contributed by atoms with Crippen molar-refractivity contribution in [2.45, 2.75) is 45.2 Å². The predicted octanol–water partition coefficient (Wildman–Crippen LogP) is 3.21. The number of nitrogens with zero attached hydrogens (tertiary/aromatic N) is 1. The van der Waals surface area contributed by atoms with E-state index in [-0.39, 0.29) is 12.1 Å². The lowest BCUT2D eigenvalue weighted by atomic mass is 9.90. The van der Waals surface area contributed by atoms with Crippen LogP contribution in [0.15, 0.2) is 24.3 Å². The third-order valence-corrected chi connectivity index (χ3v) is 4.58. The Balaban J connectivity index is 2.19. The van der Waals surface area contributed by atoms with Crippen molar-refractivity contribution in [2.75, 3.05) is 20.2 Å². The number of hydrogen-bond donors (Lipinski definition) is 1. The maximum absolute atomic E-state index is 6.29. The summed E-state index contributed by atoms with van der Waals surface area (Å²) in [5, 5.41) is 0. The quantitative estimate of drug-likeness (QED) is 0.897. The molecule has 0 amide bonds. The van der Waals surface area contributed by atoms with Gasteiger partial charge in [-0.05, 0) is 44.8 Å². The largest absolute Gasteiger partial charge is 0.496 e. The summed E-state index contributed by atoms with van der Waals surface area (Å²) in [7, 11) is 1.74. The molecule has 1 aliphatic rings. The highest BCUT2D eigenvalue weighted by Gasteiger charge is 2.29. The second-order valence-corrected chi connectivity index (χ2v) is 5.93. The summed E-state index contributed by atoms with van der Waals surface area (Å²) in [5.74, 6) is 1.84. The molecule has 0 aromatic heterocycles. The molecule has 112 valence electrons. The van der Waals surface area contributed by atoms with Crippen molar-refractivity contribution in [3.05, 3.63) is 29.8 Å². The van der Waals surface area contributed by atoms with Gasteiger partial charge in [-0.3, -0.25) is 4.90 Å². The van der Waals surface area contributed by atoms with Gasteiger partial charge in [-0.15, -0.1) is 0 Å². The van der Waals surface area contributed by atoms with Gasteiger partial charge < -0.3 is 10.5 Å². The zero-order valence-electron chi connectivity index (χ0n) is 13.0. The highest BCUT2D eigenvalue weighted by Crippen LogP contribution is 2.34. The maximum Gasteiger partial charge on any atom is 0.123 e. The van der Waals surface area contributed by atoms with Gasteiger partial charge in [-0.2, -0.15) is 0 Å². The van der Waals surface area contributed by atoms with Gasteiger partial charge in [-0.1, -0.05) is 31.5 Å². The summed E-state index contributed by atoms with van der Waals surface area (Å²) in [5.41, 5.74) is 7.52. The van der Waals surface area contributed by atoms with Crippen LogP contribution in [-0.2, 0) is 0 Å². The average molecular weight is 276 g/mol. The van der Waals surface area contributed by atoms with E-state index in [9.17, 15) is 0 Å². The molecule has 2 rings (SSSR count). The molecule has 0 bridgehead atoms. The lowest BCUT2D eigenvalue weighted by Crippen LogP contribution is -2.43. The first-order chi connectivity index (χ1) is 9.67. The number of nitrogens with two attached hydrogens (primary N) is 1. The number of hydrogen-bond acceptors (Lipinski definition) is 3. The van der Waals surface area contributed by atoms with E-state index in [1.807, 2.05) is 12.1 Å². The van der Waals surface area contributed by atoms with E-state index >= 15 is 0 Å². The number of benzene rings is 1. The molecule has 0 spiro atoms. The summed E-state index contributed by atoms with van der Waals surface area (Å²) in [6.45, 7) is 6.68. The number of methoxy groups -OCH3 is 1. The summed E-state index contributed by atoms with van der Waals surface area (Å²) >= 11 is 0. The third-order valence-electron chi connectivity index (χ3n) is 4.58. The van der Waals surface area contributed by atoms with Crippen molar-refractivity contribution >= 4 is 0 Å². The molecule has 1 heterocycles. The van der Waals surface area contributed by atoms with Crippen LogP contribution in [0.2, 0.25) is 0 Å². The van der Waals surface area contributed by atoms with Gasteiger partial charge in [-0.25, -0.2) is 0 Å². The number of para-hydroxylation sites is 1. The van der Waals surface area contributed by atoms with Crippen LogP contribution in [0, 0.1) is 5.92 Å². The van der Waals surface area contributed by atoms with Crippen LogP contribution in [0.5, 0.6) is 5.75 Å². The fraction of sp³-hybridized carbons (Fsp3) is 0.647. The molecule has 1 aliphatic heterocycles. The van der Waals surface area contributed by atoms with Crippen LogP contribution in [0.25, 0.3) is 0 Å². The third kappa shape index (κ3) is 3.33.